The molecule has 1 aliphatic rings. The standard InChI is InChI=1S/C13H17F2NO/c1-17-10-5-2-4-9(8-10)16-12-7-3-6-11(14)13(12)15/h3,6-7,9-10,16H,2,4-5,8H2,1H3. The van der Waals surface area contributed by atoms with Gasteiger partial charge in [0.05, 0.1) is 11.8 Å². The lowest BCUT2D eigenvalue weighted by molar-refractivity contribution is 0.0669. The van der Waals surface area contributed by atoms with Crippen molar-refractivity contribution in [3.05, 3.63) is 29.8 Å². The van der Waals surface area contributed by atoms with Gasteiger partial charge in [-0.05, 0) is 37.8 Å². The number of methoxy groups -OCH3 is 1. The summed E-state index contributed by atoms with van der Waals surface area (Å²) < 4.78 is 31.8. The number of nitrogens with one attached hydrogen (secondary N) is 1. The van der Waals surface area contributed by atoms with E-state index in [0.717, 1.165) is 31.7 Å². The largest absolute Gasteiger partial charge is 0.381 e. The highest BCUT2D eigenvalue weighted by Gasteiger charge is 2.22. The minimum Gasteiger partial charge on any atom is -0.381 e. The Morgan fingerprint density at radius 1 is 1.29 bits per heavy atom. The summed E-state index contributed by atoms with van der Waals surface area (Å²) in [5, 5.41) is 3.06. The lowest BCUT2D eigenvalue weighted by Gasteiger charge is -2.29. The summed E-state index contributed by atoms with van der Waals surface area (Å²) >= 11 is 0. The molecule has 1 N–H and O–H groups in total. The summed E-state index contributed by atoms with van der Waals surface area (Å²) in [7, 11) is 1.69. The summed E-state index contributed by atoms with van der Waals surface area (Å²) in [6.45, 7) is 0. The van der Waals surface area contributed by atoms with E-state index in [-0.39, 0.29) is 17.8 Å². The van der Waals surface area contributed by atoms with Gasteiger partial charge < -0.3 is 10.1 Å². The van der Waals surface area contributed by atoms with Crippen LogP contribution in [0.2, 0.25) is 0 Å². The van der Waals surface area contributed by atoms with Crippen molar-refractivity contribution < 1.29 is 13.5 Å². The number of halogens is 2. The van der Waals surface area contributed by atoms with Gasteiger partial charge >= 0.3 is 0 Å². The number of rotatable bonds is 3. The second-order valence-electron chi connectivity index (χ2n) is 4.47. The molecule has 0 amide bonds. The Hall–Kier alpha value is -1.16. The number of benzene rings is 1. The van der Waals surface area contributed by atoms with Crippen LogP contribution in [0.5, 0.6) is 0 Å². The molecule has 94 valence electrons. The lowest BCUT2D eigenvalue weighted by atomic mass is 9.92. The Morgan fingerprint density at radius 2 is 2.12 bits per heavy atom. The van der Waals surface area contributed by atoms with E-state index in [1.807, 2.05) is 0 Å². The van der Waals surface area contributed by atoms with E-state index in [1.54, 1.807) is 13.2 Å². The molecule has 0 aromatic heterocycles. The zero-order valence-corrected chi connectivity index (χ0v) is 9.88. The zero-order chi connectivity index (χ0) is 12.3. The van der Waals surface area contributed by atoms with Crippen molar-refractivity contribution in [1.82, 2.24) is 0 Å². The molecular formula is C13H17F2NO. The van der Waals surface area contributed by atoms with Crippen LogP contribution in [0.3, 0.4) is 0 Å². The summed E-state index contributed by atoms with van der Waals surface area (Å²) in [4.78, 5) is 0. The Labute approximate surface area is 100.0 Å². The Bertz CT molecular complexity index is 384. The predicted molar refractivity (Wildman–Crippen MR) is 63.0 cm³/mol. The fraction of sp³-hybridized carbons (Fsp3) is 0.538. The van der Waals surface area contributed by atoms with Crippen molar-refractivity contribution in [2.24, 2.45) is 0 Å². The number of hydrogen-bond donors (Lipinski definition) is 1. The first-order valence-corrected chi connectivity index (χ1v) is 5.94. The maximum atomic E-state index is 13.5. The Balaban J connectivity index is 2.02. The number of hydrogen-bond acceptors (Lipinski definition) is 2. The Morgan fingerprint density at radius 3 is 2.88 bits per heavy atom. The van der Waals surface area contributed by atoms with Gasteiger partial charge in [-0.25, -0.2) is 8.78 Å². The zero-order valence-electron chi connectivity index (χ0n) is 9.88. The minimum absolute atomic E-state index is 0.157. The molecule has 1 aromatic carbocycles. The van der Waals surface area contributed by atoms with E-state index in [4.69, 9.17) is 4.74 Å². The van der Waals surface area contributed by atoms with Gasteiger partial charge in [-0.2, -0.15) is 0 Å². The van der Waals surface area contributed by atoms with Gasteiger partial charge in [0.2, 0.25) is 0 Å². The summed E-state index contributed by atoms with van der Waals surface area (Å²) in [5.74, 6) is -1.61. The molecule has 2 unspecified atom stereocenters. The maximum absolute atomic E-state index is 13.5. The van der Waals surface area contributed by atoms with Gasteiger partial charge in [-0.3, -0.25) is 0 Å². The molecule has 0 saturated heterocycles. The monoisotopic (exact) mass is 241 g/mol. The van der Waals surface area contributed by atoms with Gasteiger partial charge in [0.15, 0.2) is 11.6 Å². The van der Waals surface area contributed by atoms with E-state index < -0.39 is 11.6 Å². The SMILES string of the molecule is COC1CCCC(Nc2cccc(F)c2F)C1. The molecule has 0 bridgehead atoms. The van der Waals surface area contributed by atoms with Crippen molar-refractivity contribution in [2.45, 2.75) is 37.8 Å². The van der Waals surface area contributed by atoms with Crippen molar-refractivity contribution in [2.75, 3.05) is 12.4 Å². The van der Waals surface area contributed by atoms with E-state index in [9.17, 15) is 8.78 Å². The molecule has 1 aromatic rings. The van der Waals surface area contributed by atoms with Crippen LogP contribution in [0.4, 0.5) is 14.5 Å². The van der Waals surface area contributed by atoms with Crippen LogP contribution in [0.15, 0.2) is 18.2 Å². The van der Waals surface area contributed by atoms with Gasteiger partial charge in [0.1, 0.15) is 0 Å². The second kappa shape index (κ2) is 5.45. The highest BCUT2D eigenvalue weighted by molar-refractivity contribution is 5.45. The van der Waals surface area contributed by atoms with E-state index in [1.165, 1.54) is 6.07 Å². The molecule has 2 atom stereocenters. The third-order valence-electron chi connectivity index (χ3n) is 3.27. The fourth-order valence-corrected chi connectivity index (χ4v) is 2.33. The second-order valence-corrected chi connectivity index (χ2v) is 4.47. The van der Waals surface area contributed by atoms with E-state index in [2.05, 4.69) is 5.32 Å². The molecule has 2 nitrogen and oxygen atoms in total. The van der Waals surface area contributed by atoms with Gasteiger partial charge in [-0.15, -0.1) is 0 Å². The molecule has 1 saturated carbocycles. The third-order valence-corrected chi connectivity index (χ3v) is 3.27. The number of ether oxygens (including phenoxy) is 1. The van der Waals surface area contributed by atoms with Crippen LogP contribution in [0.25, 0.3) is 0 Å². The highest BCUT2D eigenvalue weighted by Crippen LogP contribution is 2.25. The molecule has 1 fully saturated rings. The van der Waals surface area contributed by atoms with Crippen LogP contribution in [-0.2, 0) is 4.74 Å². The molecule has 1 aliphatic carbocycles. The smallest absolute Gasteiger partial charge is 0.181 e. The molecule has 0 radical (unpaired) electrons. The van der Waals surface area contributed by atoms with E-state index in [0.29, 0.717) is 0 Å². The normalized spacial score (nSPS) is 24.6. The molecular weight excluding hydrogens is 224 g/mol. The molecule has 0 aliphatic heterocycles. The van der Waals surface area contributed by atoms with Crippen LogP contribution in [-0.4, -0.2) is 19.3 Å². The highest BCUT2D eigenvalue weighted by atomic mass is 19.2. The predicted octanol–water partition coefficient (Wildman–Crippen LogP) is 3.33. The van der Waals surface area contributed by atoms with Crippen LogP contribution < -0.4 is 5.32 Å². The summed E-state index contributed by atoms with van der Waals surface area (Å²) in [5.41, 5.74) is 0.242. The topological polar surface area (TPSA) is 21.3 Å². The van der Waals surface area contributed by atoms with Gasteiger partial charge in [-0.1, -0.05) is 6.07 Å². The van der Waals surface area contributed by atoms with Crippen LogP contribution in [0.1, 0.15) is 25.7 Å². The molecule has 0 spiro atoms. The average molecular weight is 241 g/mol. The molecule has 4 heteroatoms. The number of anilines is 1. The van der Waals surface area contributed by atoms with Crippen LogP contribution >= 0.6 is 0 Å². The van der Waals surface area contributed by atoms with Crippen LogP contribution in [0, 0.1) is 11.6 Å². The molecule has 17 heavy (non-hydrogen) atoms. The van der Waals surface area contributed by atoms with Crippen molar-refractivity contribution >= 4 is 5.69 Å². The minimum atomic E-state index is -0.811. The summed E-state index contributed by atoms with van der Waals surface area (Å²) in [6, 6.07) is 4.36. The first kappa shape index (κ1) is 12.3. The fourth-order valence-electron chi connectivity index (χ4n) is 2.33. The van der Waals surface area contributed by atoms with Crippen molar-refractivity contribution in [1.29, 1.82) is 0 Å². The quantitative estimate of drug-likeness (QED) is 0.876. The van der Waals surface area contributed by atoms with E-state index >= 15 is 0 Å². The summed E-state index contributed by atoms with van der Waals surface area (Å²) in [6.07, 6.45) is 4.12. The maximum Gasteiger partial charge on any atom is 0.181 e. The lowest BCUT2D eigenvalue weighted by Crippen LogP contribution is -2.31. The van der Waals surface area contributed by atoms with Crippen molar-refractivity contribution in [3.63, 3.8) is 0 Å². The van der Waals surface area contributed by atoms with Gasteiger partial charge in [0, 0.05) is 13.2 Å². The Kier molecular flexibility index (Phi) is 3.94. The average Bonchev–Trinajstić information content (AvgIpc) is 2.35. The first-order valence-electron chi connectivity index (χ1n) is 5.94. The first-order chi connectivity index (χ1) is 8.20. The third kappa shape index (κ3) is 2.94. The van der Waals surface area contributed by atoms with Crippen molar-refractivity contribution in [3.8, 4) is 0 Å². The van der Waals surface area contributed by atoms with Gasteiger partial charge in [0.25, 0.3) is 0 Å². The molecule has 0 heterocycles. The molecule has 2 rings (SSSR count).